The molecule has 2 fully saturated rings. The summed E-state index contributed by atoms with van der Waals surface area (Å²) in [5, 5.41) is 3.20. The summed E-state index contributed by atoms with van der Waals surface area (Å²) in [6, 6.07) is 0. The van der Waals surface area contributed by atoms with Gasteiger partial charge in [0.25, 0.3) is 0 Å². The summed E-state index contributed by atoms with van der Waals surface area (Å²) in [6.07, 6.45) is 2.28. The number of ether oxygens (including phenoxy) is 2. The summed E-state index contributed by atoms with van der Waals surface area (Å²) in [7, 11) is 0. The third kappa shape index (κ3) is 1.55. The van der Waals surface area contributed by atoms with E-state index in [1.165, 1.54) is 0 Å². The zero-order valence-corrected chi connectivity index (χ0v) is 6.93. The predicted molar refractivity (Wildman–Crippen MR) is 41.3 cm³/mol. The maximum absolute atomic E-state index is 5.75. The molecule has 0 radical (unpaired) electrons. The highest BCUT2D eigenvalue weighted by Crippen LogP contribution is 2.23. The van der Waals surface area contributed by atoms with Crippen molar-refractivity contribution >= 4 is 0 Å². The number of hydrogen-bond donors (Lipinski definition) is 1. The Labute approximate surface area is 67.1 Å². The fourth-order valence-corrected chi connectivity index (χ4v) is 1.52. The molecule has 11 heavy (non-hydrogen) atoms. The third-order valence-corrected chi connectivity index (χ3v) is 2.30. The molecule has 3 heteroatoms. The van der Waals surface area contributed by atoms with E-state index in [1.807, 2.05) is 0 Å². The van der Waals surface area contributed by atoms with Crippen molar-refractivity contribution in [2.24, 2.45) is 0 Å². The van der Waals surface area contributed by atoms with E-state index >= 15 is 0 Å². The Balaban J connectivity index is 1.79. The summed E-state index contributed by atoms with van der Waals surface area (Å²) in [5.41, 5.74) is 0.0506. The van der Waals surface area contributed by atoms with Gasteiger partial charge in [-0.05, 0) is 13.3 Å². The van der Waals surface area contributed by atoms with Crippen LogP contribution in [-0.4, -0.2) is 31.6 Å². The highest BCUT2D eigenvalue weighted by Gasteiger charge is 2.36. The van der Waals surface area contributed by atoms with Gasteiger partial charge in [0, 0.05) is 26.1 Å². The Bertz CT molecular complexity index is 139. The molecule has 2 heterocycles. The van der Waals surface area contributed by atoms with Gasteiger partial charge < -0.3 is 14.8 Å². The Morgan fingerprint density at radius 1 is 1.55 bits per heavy atom. The van der Waals surface area contributed by atoms with Crippen LogP contribution in [0.15, 0.2) is 0 Å². The van der Waals surface area contributed by atoms with Crippen LogP contribution < -0.4 is 5.32 Å². The molecule has 3 nitrogen and oxygen atoms in total. The van der Waals surface area contributed by atoms with Crippen LogP contribution in [0.2, 0.25) is 0 Å². The normalized spacial score (nSPS) is 35.2. The van der Waals surface area contributed by atoms with Gasteiger partial charge in [0.15, 0.2) is 6.29 Å². The largest absolute Gasteiger partial charge is 0.353 e. The minimum Gasteiger partial charge on any atom is -0.353 e. The molecular weight excluding hydrogens is 142 g/mol. The first-order valence-corrected chi connectivity index (χ1v) is 4.29. The standard InChI is InChI=1S/C8H15NO2/c1-8(5-9-6-8)11-7-3-2-4-10-7/h7,9H,2-6H2,1H3. The van der Waals surface area contributed by atoms with Gasteiger partial charge in [0.1, 0.15) is 0 Å². The van der Waals surface area contributed by atoms with Crippen LogP contribution in [0.5, 0.6) is 0 Å². The molecule has 2 aliphatic heterocycles. The maximum Gasteiger partial charge on any atom is 0.158 e. The van der Waals surface area contributed by atoms with E-state index < -0.39 is 0 Å². The van der Waals surface area contributed by atoms with Crippen LogP contribution in [-0.2, 0) is 9.47 Å². The van der Waals surface area contributed by atoms with Crippen LogP contribution in [0.3, 0.4) is 0 Å². The van der Waals surface area contributed by atoms with E-state index in [0.717, 1.165) is 32.5 Å². The molecule has 0 aromatic heterocycles. The Kier molecular flexibility index (Phi) is 1.87. The Hall–Kier alpha value is -0.120. The van der Waals surface area contributed by atoms with Gasteiger partial charge in [-0.1, -0.05) is 0 Å². The summed E-state index contributed by atoms with van der Waals surface area (Å²) in [4.78, 5) is 0. The molecule has 1 unspecified atom stereocenters. The van der Waals surface area contributed by atoms with Crippen LogP contribution in [0.25, 0.3) is 0 Å². The summed E-state index contributed by atoms with van der Waals surface area (Å²) >= 11 is 0. The smallest absolute Gasteiger partial charge is 0.158 e. The van der Waals surface area contributed by atoms with E-state index in [-0.39, 0.29) is 11.9 Å². The van der Waals surface area contributed by atoms with E-state index in [4.69, 9.17) is 9.47 Å². The van der Waals surface area contributed by atoms with Gasteiger partial charge in [-0.2, -0.15) is 0 Å². The molecule has 0 aromatic rings. The topological polar surface area (TPSA) is 30.5 Å². The van der Waals surface area contributed by atoms with E-state index in [2.05, 4.69) is 12.2 Å². The van der Waals surface area contributed by atoms with E-state index in [1.54, 1.807) is 0 Å². The molecule has 1 atom stereocenters. The van der Waals surface area contributed by atoms with Crippen LogP contribution in [0.4, 0.5) is 0 Å². The molecule has 2 aliphatic rings. The maximum atomic E-state index is 5.75. The lowest BCUT2D eigenvalue weighted by Gasteiger charge is -2.40. The average molecular weight is 157 g/mol. The van der Waals surface area contributed by atoms with Crippen molar-refractivity contribution in [3.8, 4) is 0 Å². The molecule has 1 N–H and O–H groups in total. The second-order valence-corrected chi connectivity index (χ2v) is 3.61. The molecule has 0 aromatic carbocycles. The molecule has 2 saturated heterocycles. The fourth-order valence-electron chi connectivity index (χ4n) is 1.52. The van der Waals surface area contributed by atoms with Gasteiger partial charge in [0.05, 0.1) is 5.60 Å². The van der Waals surface area contributed by atoms with Crippen molar-refractivity contribution in [3.05, 3.63) is 0 Å². The molecule has 0 spiro atoms. The van der Waals surface area contributed by atoms with Crippen LogP contribution >= 0.6 is 0 Å². The monoisotopic (exact) mass is 157 g/mol. The summed E-state index contributed by atoms with van der Waals surface area (Å²) in [5.74, 6) is 0. The minimum absolute atomic E-state index is 0.0506. The van der Waals surface area contributed by atoms with Gasteiger partial charge in [-0.25, -0.2) is 0 Å². The minimum atomic E-state index is 0.0506. The predicted octanol–water partition coefficient (Wildman–Crippen LogP) is 0.501. The Morgan fingerprint density at radius 3 is 2.82 bits per heavy atom. The number of nitrogens with one attached hydrogen (secondary N) is 1. The second kappa shape index (κ2) is 2.73. The van der Waals surface area contributed by atoms with Gasteiger partial charge in [-0.3, -0.25) is 0 Å². The SMILES string of the molecule is CC1(OC2CCCO2)CNC1. The van der Waals surface area contributed by atoms with Crippen LogP contribution in [0.1, 0.15) is 19.8 Å². The zero-order valence-electron chi connectivity index (χ0n) is 6.93. The molecule has 0 saturated carbocycles. The first-order valence-electron chi connectivity index (χ1n) is 4.29. The van der Waals surface area contributed by atoms with E-state index in [0.29, 0.717) is 0 Å². The van der Waals surface area contributed by atoms with Crippen molar-refractivity contribution in [1.82, 2.24) is 5.32 Å². The van der Waals surface area contributed by atoms with Gasteiger partial charge >= 0.3 is 0 Å². The third-order valence-electron chi connectivity index (χ3n) is 2.30. The fraction of sp³-hybridized carbons (Fsp3) is 1.00. The molecule has 0 aliphatic carbocycles. The van der Waals surface area contributed by atoms with Gasteiger partial charge in [-0.15, -0.1) is 0 Å². The number of rotatable bonds is 2. The van der Waals surface area contributed by atoms with Crippen molar-refractivity contribution in [2.75, 3.05) is 19.7 Å². The summed E-state index contributed by atoms with van der Waals surface area (Å²) < 4.78 is 11.1. The van der Waals surface area contributed by atoms with Crippen molar-refractivity contribution in [3.63, 3.8) is 0 Å². The highest BCUT2D eigenvalue weighted by molar-refractivity contribution is 4.90. The lowest BCUT2D eigenvalue weighted by atomic mass is 10.00. The highest BCUT2D eigenvalue weighted by atomic mass is 16.7. The zero-order chi connectivity index (χ0) is 7.73. The second-order valence-electron chi connectivity index (χ2n) is 3.61. The molecule has 0 bridgehead atoms. The van der Waals surface area contributed by atoms with Crippen molar-refractivity contribution < 1.29 is 9.47 Å². The molecule has 2 rings (SSSR count). The quantitative estimate of drug-likeness (QED) is 0.633. The lowest BCUT2D eigenvalue weighted by molar-refractivity contribution is -0.198. The van der Waals surface area contributed by atoms with Crippen molar-refractivity contribution in [2.45, 2.75) is 31.7 Å². The van der Waals surface area contributed by atoms with Crippen LogP contribution in [0, 0.1) is 0 Å². The first-order chi connectivity index (χ1) is 5.29. The number of hydrogen-bond acceptors (Lipinski definition) is 3. The van der Waals surface area contributed by atoms with Crippen molar-refractivity contribution in [1.29, 1.82) is 0 Å². The first kappa shape index (κ1) is 7.53. The van der Waals surface area contributed by atoms with E-state index in [9.17, 15) is 0 Å². The molecular formula is C8H15NO2. The van der Waals surface area contributed by atoms with Gasteiger partial charge in [0.2, 0.25) is 0 Å². The summed E-state index contributed by atoms with van der Waals surface area (Å²) in [6.45, 7) is 4.93. The Morgan fingerprint density at radius 2 is 2.36 bits per heavy atom. The average Bonchev–Trinajstić information content (AvgIpc) is 2.36. The lowest BCUT2D eigenvalue weighted by Crippen LogP contribution is -2.60. The molecule has 0 amide bonds. The molecule has 64 valence electrons.